The summed E-state index contributed by atoms with van der Waals surface area (Å²) in [4.78, 5) is 29.0. The summed E-state index contributed by atoms with van der Waals surface area (Å²) in [5, 5.41) is 3.61. The number of carbonyl (C=O) groups is 2. The largest absolute Gasteiger partial charge is 0.337 e. The first kappa shape index (κ1) is 12.9. The molecule has 0 unspecified atom stereocenters. The Hall–Kier alpha value is -2.09. The van der Waals surface area contributed by atoms with Crippen molar-refractivity contribution in [3.63, 3.8) is 0 Å². The topological polar surface area (TPSA) is 76.3 Å². The Kier molecular flexibility index (Phi) is 2.89. The Labute approximate surface area is 120 Å². The molecule has 0 radical (unpaired) electrons. The fourth-order valence-electron chi connectivity index (χ4n) is 2.04. The van der Waals surface area contributed by atoms with Crippen LogP contribution in [-0.2, 0) is 11.3 Å². The molecule has 20 heavy (non-hydrogen) atoms. The fraction of sp³-hybridized carbons (Fsp3) is 0.167. The maximum absolute atomic E-state index is 13.3. The lowest BCUT2D eigenvalue weighted by atomic mass is 10.1. The van der Waals surface area contributed by atoms with E-state index in [-0.39, 0.29) is 18.0 Å². The van der Waals surface area contributed by atoms with Crippen molar-refractivity contribution in [2.45, 2.75) is 13.5 Å². The third-order valence-electron chi connectivity index (χ3n) is 2.85. The average molecular weight is 340 g/mol. The van der Waals surface area contributed by atoms with Gasteiger partial charge < -0.3 is 4.52 Å². The third-order valence-corrected chi connectivity index (χ3v) is 3.45. The van der Waals surface area contributed by atoms with Crippen LogP contribution in [0.1, 0.15) is 22.1 Å². The number of aryl methyl sites for hydroxylation is 1. The molecule has 6 nitrogen and oxygen atoms in total. The normalized spacial score (nSPS) is 14.1. The molecule has 0 atom stereocenters. The van der Waals surface area contributed by atoms with Crippen LogP contribution in [0.25, 0.3) is 0 Å². The molecule has 0 saturated carbocycles. The Morgan fingerprint density at radius 3 is 2.80 bits per heavy atom. The maximum atomic E-state index is 13.3. The molecule has 1 amide bonds. The quantitative estimate of drug-likeness (QED) is 0.782. The first-order valence-electron chi connectivity index (χ1n) is 5.62. The van der Waals surface area contributed by atoms with Crippen LogP contribution < -0.4 is 4.90 Å². The monoisotopic (exact) mass is 339 g/mol. The van der Waals surface area contributed by atoms with Crippen molar-refractivity contribution in [1.82, 2.24) is 10.1 Å². The Bertz CT molecular complexity index is 744. The number of hydrogen-bond donors (Lipinski definition) is 0. The zero-order valence-electron chi connectivity index (χ0n) is 10.2. The van der Waals surface area contributed by atoms with E-state index in [2.05, 4.69) is 26.1 Å². The highest BCUT2D eigenvalue weighted by Gasteiger charge is 2.38. The van der Waals surface area contributed by atoms with Gasteiger partial charge in [-0.25, -0.2) is 4.39 Å². The summed E-state index contributed by atoms with van der Waals surface area (Å²) in [6.45, 7) is 1.60. The van der Waals surface area contributed by atoms with Crippen molar-refractivity contribution in [1.29, 1.82) is 0 Å². The standard InChI is InChI=1S/C12H7BrFN3O3/c1-5-15-9(20-16-5)4-17-10-7(11(18)12(17)19)2-6(14)3-8(10)13/h2-3H,4H2,1H3. The minimum Gasteiger partial charge on any atom is -0.337 e. The molecule has 0 N–H and O–H groups in total. The van der Waals surface area contributed by atoms with Gasteiger partial charge in [0.2, 0.25) is 5.89 Å². The van der Waals surface area contributed by atoms with Gasteiger partial charge >= 0.3 is 0 Å². The van der Waals surface area contributed by atoms with E-state index < -0.39 is 17.5 Å². The number of amides is 1. The zero-order valence-corrected chi connectivity index (χ0v) is 11.8. The van der Waals surface area contributed by atoms with E-state index in [4.69, 9.17) is 4.52 Å². The number of fused-ring (bicyclic) bond motifs is 1. The van der Waals surface area contributed by atoms with Crippen molar-refractivity contribution in [3.8, 4) is 0 Å². The molecule has 1 aliphatic heterocycles. The average Bonchev–Trinajstić information content (AvgIpc) is 2.88. The van der Waals surface area contributed by atoms with E-state index >= 15 is 0 Å². The second kappa shape index (κ2) is 4.48. The lowest BCUT2D eigenvalue weighted by Crippen LogP contribution is -2.29. The number of benzene rings is 1. The second-order valence-corrected chi connectivity index (χ2v) is 5.09. The smallest absolute Gasteiger partial charge is 0.299 e. The number of Topliss-reactive ketones (excluding diaryl/α,β-unsaturated/α-hetero) is 1. The second-order valence-electron chi connectivity index (χ2n) is 4.24. The summed E-state index contributed by atoms with van der Waals surface area (Å²) in [5.74, 6) is -1.46. The molecule has 1 aromatic heterocycles. The maximum Gasteiger partial charge on any atom is 0.299 e. The molecule has 0 aliphatic carbocycles. The molecular weight excluding hydrogens is 333 g/mol. The molecule has 0 fully saturated rings. The summed E-state index contributed by atoms with van der Waals surface area (Å²) < 4.78 is 18.6. The molecule has 102 valence electrons. The molecule has 2 heterocycles. The highest BCUT2D eigenvalue weighted by atomic mass is 79.9. The number of nitrogens with zero attached hydrogens (tertiary/aromatic N) is 3. The minimum atomic E-state index is -0.753. The van der Waals surface area contributed by atoms with Gasteiger partial charge in [-0.15, -0.1) is 0 Å². The first-order valence-corrected chi connectivity index (χ1v) is 6.41. The molecule has 1 aromatic carbocycles. The van der Waals surface area contributed by atoms with Gasteiger partial charge in [0.1, 0.15) is 12.4 Å². The van der Waals surface area contributed by atoms with Crippen LogP contribution in [0.3, 0.4) is 0 Å². The van der Waals surface area contributed by atoms with Crippen LogP contribution in [0.15, 0.2) is 21.1 Å². The lowest BCUT2D eigenvalue weighted by molar-refractivity contribution is -0.114. The molecule has 1 aliphatic rings. The predicted molar refractivity (Wildman–Crippen MR) is 68.7 cm³/mol. The van der Waals surface area contributed by atoms with Crippen molar-refractivity contribution >= 4 is 33.3 Å². The Balaban J connectivity index is 2.06. The van der Waals surface area contributed by atoms with Gasteiger partial charge in [0, 0.05) is 4.47 Å². The van der Waals surface area contributed by atoms with Gasteiger partial charge in [0.25, 0.3) is 11.7 Å². The van der Waals surface area contributed by atoms with E-state index in [0.717, 1.165) is 6.07 Å². The van der Waals surface area contributed by atoms with Crippen LogP contribution in [0.4, 0.5) is 10.1 Å². The molecule has 0 bridgehead atoms. The number of halogens is 2. The molecule has 0 spiro atoms. The third kappa shape index (κ3) is 1.92. The van der Waals surface area contributed by atoms with Crippen molar-refractivity contribution in [2.75, 3.05) is 4.90 Å². The molecule has 2 aromatic rings. The summed E-state index contributed by atoms with van der Waals surface area (Å²) in [6, 6.07) is 2.23. The Morgan fingerprint density at radius 2 is 2.15 bits per heavy atom. The first-order chi connectivity index (χ1) is 9.47. The SMILES string of the molecule is Cc1noc(CN2C(=O)C(=O)c3cc(F)cc(Br)c32)n1. The predicted octanol–water partition coefficient (Wildman–Crippen LogP) is 2.01. The van der Waals surface area contributed by atoms with Crippen LogP contribution in [0, 0.1) is 12.7 Å². The van der Waals surface area contributed by atoms with Crippen LogP contribution in [0.5, 0.6) is 0 Å². The number of hydrogen-bond acceptors (Lipinski definition) is 5. The van der Waals surface area contributed by atoms with E-state index in [1.54, 1.807) is 6.92 Å². The van der Waals surface area contributed by atoms with Crippen LogP contribution in [-0.4, -0.2) is 21.8 Å². The van der Waals surface area contributed by atoms with Gasteiger partial charge in [0.05, 0.1) is 11.3 Å². The summed E-state index contributed by atoms with van der Waals surface area (Å²) in [5.41, 5.74) is 0.343. The van der Waals surface area contributed by atoms with E-state index in [1.807, 2.05) is 0 Å². The molecular formula is C12H7BrFN3O3. The van der Waals surface area contributed by atoms with E-state index in [9.17, 15) is 14.0 Å². The van der Waals surface area contributed by atoms with Crippen molar-refractivity contribution in [2.24, 2.45) is 0 Å². The number of rotatable bonds is 2. The van der Waals surface area contributed by atoms with Crippen molar-refractivity contribution in [3.05, 3.63) is 39.7 Å². The Morgan fingerprint density at radius 1 is 1.40 bits per heavy atom. The summed E-state index contributed by atoms with van der Waals surface area (Å²) >= 11 is 3.16. The fourth-order valence-corrected chi connectivity index (χ4v) is 2.69. The highest BCUT2D eigenvalue weighted by Crippen LogP contribution is 2.37. The minimum absolute atomic E-state index is 0.0260. The van der Waals surface area contributed by atoms with Gasteiger partial charge in [-0.1, -0.05) is 5.16 Å². The molecule has 8 heteroatoms. The van der Waals surface area contributed by atoms with Gasteiger partial charge in [-0.05, 0) is 35.0 Å². The zero-order chi connectivity index (χ0) is 14.4. The lowest BCUT2D eigenvalue weighted by Gasteiger charge is -2.15. The molecule has 3 rings (SSSR count). The van der Waals surface area contributed by atoms with Gasteiger partial charge in [0.15, 0.2) is 5.82 Å². The van der Waals surface area contributed by atoms with E-state index in [0.29, 0.717) is 16.0 Å². The van der Waals surface area contributed by atoms with E-state index in [1.165, 1.54) is 11.0 Å². The number of aromatic nitrogens is 2. The van der Waals surface area contributed by atoms with Crippen molar-refractivity contribution < 1.29 is 18.5 Å². The van der Waals surface area contributed by atoms with Crippen LogP contribution >= 0.6 is 15.9 Å². The van der Waals surface area contributed by atoms with Gasteiger partial charge in [-0.3, -0.25) is 14.5 Å². The summed E-state index contributed by atoms with van der Waals surface area (Å²) in [7, 11) is 0. The van der Waals surface area contributed by atoms with Gasteiger partial charge in [-0.2, -0.15) is 4.98 Å². The number of anilines is 1. The number of carbonyl (C=O) groups excluding carboxylic acids is 2. The highest BCUT2D eigenvalue weighted by molar-refractivity contribution is 9.10. The summed E-state index contributed by atoms with van der Waals surface area (Å²) in [6.07, 6.45) is 0. The molecule has 0 saturated heterocycles. The van der Waals surface area contributed by atoms with Crippen LogP contribution in [0.2, 0.25) is 0 Å². The number of ketones is 1.